The van der Waals surface area contributed by atoms with E-state index in [0.29, 0.717) is 77.8 Å². The summed E-state index contributed by atoms with van der Waals surface area (Å²) in [6.45, 7) is 11.3. The molecule has 8 bridgehead atoms. The molecule has 4 aromatic rings. The number of aliphatic hydroxyl groups is 4. The standard InChI is InChI=1S/C52H72O8/c1-5-21-57-49-41-25-37(13-9-17-53)26-42(49)34-44-28-39(15-11-19-55)30-46(51(44)59-23-7-3)36-48-32-40(16-12-20-56)31-47(52(48)60-24-8-4)35-45-29-38(14-10-18-54)27-43(33-41)50(45)58-22-6-2/h25-32,53-56H,5-24,33-36H2,1-4H3. The minimum atomic E-state index is 0.112. The first-order chi connectivity index (χ1) is 29.4. The van der Waals surface area contributed by atoms with Crippen LogP contribution < -0.4 is 18.9 Å². The van der Waals surface area contributed by atoms with Gasteiger partial charge in [0.2, 0.25) is 0 Å². The number of benzene rings is 4. The quantitative estimate of drug-likeness (QED) is 0.0487. The summed E-state index contributed by atoms with van der Waals surface area (Å²) in [6, 6.07) is 18.1. The minimum Gasteiger partial charge on any atom is -0.493 e. The molecule has 0 heterocycles. The Kier molecular flexibility index (Phi) is 19.6. The molecule has 328 valence electrons. The molecule has 8 nitrogen and oxygen atoms in total. The maximum absolute atomic E-state index is 9.96. The summed E-state index contributed by atoms with van der Waals surface area (Å²) >= 11 is 0. The van der Waals surface area contributed by atoms with Crippen LogP contribution in [0.5, 0.6) is 23.0 Å². The van der Waals surface area contributed by atoms with Gasteiger partial charge in [0, 0.05) is 52.1 Å². The van der Waals surface area contributed by atoms with Crippen LogP contribution in [-0.4, -0.2) is 73.3 Å². The van der Waals surface area contributed by atoms with Crippen LogP contribution >= 0.6 is 0 Å². The number of hydrogen-bond acceptors (Lipinski definition) is 8. The van der Waals surface area contributed by atoms with Crippen LogP contribution in [0.1, 0.15) is 146 Å². The second-order valence-electron chi connectivity index (χ2n) is 16.4. The van der Waals surface area contributed by atoms with Gasteiger partial charge in [-0.3, -0.25) is 0 Å². The summed E-state index contributed by atoms with van der Waals surface area (Å²) in [7, 11) is 0. The van der Waals surface area contributed by atoms with Crippen molar-refractivity contribution in [3.63, 3.8) is 0 Å². The Morgan fingerprint density at radius 3 is 0.667 bits per heavy atom. The second kappa shape index (κ2) is 25.0. The summed E-state index contributed by atoms with van der Waals surface area (Å²) < 4.78 is 27.2. The van der Waals surface area contributed by atoms with E-state index in [1.165, 1.54) is 0 Å². The van der Waals surface area contributed by atoms with Gasteiger partial charge in [-0.05, 0) is 144 Å². The molecule has 0 spiro atoms. The highest BCUT2D eigenvalue weighted by molar-refractivity contribution is 5.58. The Morgan fingerprint density at radius 1 is 0.333 bits per heavy atom. The van der Waals surface area contributed by atoms with E-state index in [0.717, 1.165) is 141 Å². The molecule has 0 aliphatic heterocycles. The highest BCUT2D eigenvalue weighted by Crippen LogP contribution is 2.41. The maximum Gasteiger partial charge on any atom is 0.126 e. The SMILES string of the molecule is CCCOc1c2cc(CCCO)cc1Cc1cc(CCCO)cc(c1OCCC)Cc1cc(CCCO)cc(c1OCCC)Cc1cc(CCCO)cc(c1OCCC)C2. The first kappa shape index (κ1) is 47.0. The van der Waals surface area contributed by atoms with Crippen molar-refractivity contribution in [2.24, 2.45) is 0 Å². The average molecular weight is 825 g/mol. The predicted octanol–water partition coefficient (Wildman–Crippen LogP) is 9.22. The van der Waals surface area contributed by atoms with Gasteiger partial charge < -0.3 is 39.4 Å². The third-order valence-corrected chi connectivity index (χ3v) is 11.0. The van der Waals surface area contributed by atoms with Gasteiger partial charge in [0.25, 0.3) is 0 Å². The normalized spacial score (nSPS) is 12.4. The van der Waals surface area contributed by atoms with E-state index in [1.54, 1.807) is 0 Å². The summed E-state index contributed by atoms with van der Waals surface area (Å²) in [5.74, 6) is 3.55. The Morgan fingerprint density at radius 2 is 0.517 bits per heavy atom. The number of hydrogen-bond donors (Lipinski definition) is 4. The number of ether oxygens (including phenoxy) is 4. The van der Waals surface area contributed by atoms with E-state index in [-0.39, 0.29) is 26.4 Å². The van der Waals surface area contributed by atoms with Crippen molar-refractivity contribution in [3.05, 3.63) is 115 Å². The Hall–Kier alpha value is -4.08. The number of aryl methyl sites for hydroxylation is 4. The topological polar surface area (TPSA) is 118 Å². The molecule has 8 heteroatoms. The third kappa shape index (κ3) is 13.0. The molecule has 0 fully saturated rings. The lowest BCUT2D eigenvalue weighted by Gasteiger charge is -2.25. The smallest absolute Gasteiger partial charge is 0.126 e. The van der Waals surface area contributed by atoms with Crippen molar-refractivity contribution in [3.8, 4) is 23.0 Å². The summed E-state index contributed by atoms with van der Waals surface area (Å²) in [5, 5.41) is 39.8. The largest absolute Gasteiger partial charge is 0.493 e. The zero-order chi connectivity index (χ0) is 42.7. The average Bonchev–Trinajstić information content (AvgIpc) is 3.24. The number of fused-ring (bicyclic) bond motifs is 8. The van der Waals surface area contributed by atoms with Crippen LogP contribution in [0.4, 0.5) is 0 Å². The van der Waals surface area contributed by atoms with Gasteiger partial charge in [-0.1, -0.05) is 76.2 Å². The molecule has 1 aliphatic carbocycles. The second-order valence-corrected chi connectivity index (χ2v) is 16.4. The van der Waals surface area contributed by atoms with Crippen LogP contribution in [0.25, 0.3) is 0 Å². The first-order valence-corrected chi connectivity index (χ1v) is 22.9. The molecule has 0 atom stereocenters. The minimum absolute atomic E-state index is 0.112. The van der Waals surface area contributed by atoms with Crippen LogP contribution in [0.2, 0.25) is 0 Å². The van der Waals surface area contributed by atoms with Crippen molar-refractivity contribution in [1.29, 1.82) is 0 Å². The van der Waals surface area contributed by atoms with Gasteiger partial charge >= 0.3 is 0 Å². The van der Waals surface area contributed by atoms with Crippen LogP contribution in [0, 0.1) is 0 Å². The van der Waals surface area contributed by atoms with Gasteiger partial charge in [0.15, 0.2) is 0 Å². The van der Waals surface area contributed by atoms with E-state index in [9.17, 15) is 20.4 Å². The van der Waals surface area contributed by atoms with Crippen molar-refractivity contribution >= 4 is 0 Å². The molecular weight excluding hydrogens is 753 g/mol. The summed E-state index contributed by atoms with van der Waals surface area (Å²) in [6.07, 6.45) is 11.4. The van der Waals surface area contributed by atoms with Crippen molar-refractivity contribution < 1.29 is 39.4 Å². The molecule has 0 saturated carbocycles. The van der Waals surface area contributed by atoms with Crippen molar-refractivity contribution in [2.45, 2.75) is 130 Å². The lowest BCUT2D eigenvalue weighted by atomic mass is 9.87. The maximum atomic E-state index is 9.96. The fourth-order valence-corrected chi connectivity index (χ4v) is 8.45. The molecule has 0 radical (unpaired) electrons. The van der Waals surface area contributed by atoms with Crippen LogP contribution in [-0.2, 0) is 51.4 Å². The van der Waals surface area contributed by atoms with Gasteiger partial charge in [-0.2, -0.15) is 0 Å². The van der Waals surface area contributed by atoms with Crippen molar-refractivity contribution in [1.82, 2.24) is 0 Å². The fourth-order valence-electron chi connectivity index (χ4n) is 8.45. The Balaban J connectivity index is 1.91. The first-order valence-electron chi connectivity index (χ1n) is 22.9. The molecule has 0 aromatic heterocycles. The molecule has 4 N–H and O–H groups in total. The lowest BCUT2D eigenvalue weighted by Crippen LogP contribution is -2.12. The van der Waals surface area contributed by atoms with Crippen LogP contribution in [0.15, 0.2) is 48.5 Å². The lowest BCUT2D eigenvalue weighted by molar-refractivity contribution is 0.288. The molecular formula is C52H72O8. The predicted molar refractivity (Wildman–Crippen MR) is 242 cm³/mol. The molecule has 1 aliphatic rings. The highest BCUT2D eigenvalue weighted by Gasteiger charge is 2.24. The molecule has 4 aromatic carbocycles. The molecule has 0 saturated heterocycles. The van der Waals surface area contributed by atoms with Gasteiger partial charge in [-0.25, -0.2) is 0 Å². The van der Waals surface area contributed by atoms with Gasteiger partial charge in [0.05, 0.1) is 26.4 Å². The number of aliphatic hydroxyl groups excluding tert-OH is 4. The zero-order valence-corrected chi connectivity index (χ0v) is 37.0. The van der Waals surface area contributed by atoms with Gasteiger partial charge in [-0.15, -0.1) is 0 Å². The molecule has 60 heavy (non-hydrogen) atoms. The Labute approximate surface area is 359 Å². The highest BCUT2D eigenvalue weighted by atomic mass is 16.5. The number of rotatable bonds is 24. The van der Waals surface area contributed by atoms with E-state index in [4.69, 9.17) is 18.9 Å². The fraction of sp³-hybridized carbons (Fsp3) is 0.538. The summed E-state index contributed by atoms with van der Waals surface area (Å²) in [4.78, 5) is 0. The molecule has 0 unspecified atom stereocenters. The van der Waals surface area contributed by atoms with E-state index in [2.05, 4.69) is 76.2 Å². The monoisotopic (exact) mass is 825 g/mol. The third-order valence-electron chi connectivity index (χ3n) is 11.0. The summed E-state index contributed by atoms with van der Waals surface area (Å²) in [5.41, 5.74) is 13.3. The van der Waals surface area contributed by atoms with E-state index < -0.39 is 0 Å². The molecule has 0 amide bonds. The Bertz CT molecular complexity index is 1560. The van der Waals surface area contributed by atoms with Crippen LogP contribution in [0.3, 0.4) is 0 Å². The zero-order valence-electron chi connectivity index (χ0n) is 37.0. The van der Waals surface area contributed by atoms with E-state index in [1.807, 2.05) is 0 Å². The van der Waals surface area contributed by atoms with Crippen molar-refractivity contribution in [2.75, 3.05) is 52.9 Å². The van der Waals surface area contributed by atoms with E-state index >= 15 is 0 Å². The van der Waals surface area contributed by atoms with Gasteiger partial charge in [0.1, 0.15) is 23.0 Å². The molecule has 5 rings (SSSR count).